The van der Waals surface area contributed by atoms with Gasteiger partial charge >= 0.3 is 18.3 Å². The molecule has 0 saturated heterocycles. The highest BCUT2D eigenvalue weighted by Gasteiger charge is 2.16. The summed E-state index contributed by atoms with van der Waals surface area (Å²) in [5, 5.41) is 0. The predicted molar refractivity (Wildman–Crippen MR) is 75.2 cm³/mol. The van der Waals surface area contributed by atoms with Crippen molar-refractivity contribution in [1.29, 1.82) is 0 Å². The first kappa shape index (κ1) is 20.5. The zero-order valence-corrected chi connectivity index (χ0v) is 13.0. The Labute approximate surface area is 132 Å². The van der Waals surface area contributed by atoms with Gasteiger partial charge in [0.25, 0.3) is 0 Å². The van der Waals surface area contributed by atoms with E-state index in [0.29, 0.717) is 25.8 Å². The Bertz CT molecular complexity index is 415. The van der Waals surface area contributed by atoms with E-state index in [9.17, 15) is 14.4 Å². The predicted octanol–water partition coefficient (Wildman–Crippen LogP) is 0.0736. The number of hydrogen-bond acceptors (Lipinski definition) is 11. The number of methoxy groups -OCH3 is 2. The Morgan fingerprint density at radius 2 is 1.70 bits per heavy atom. The SMILES string of the molecule is C=C(NOC(=O)OC)OC(=O)[C@@H](N)CCCCNOC(=O)OC. The van der Waals surface area contributed by atoms with E-state index in [0.717, 1.165) is 7.11 Å². The first-order chi connectivity index (χ1) is 10.9. The molecule has 0 heterocycles. The Morgan fingerprint density at radius 1 is 1.09 bits per heavy atom. The van der Waals surface area contributed by atoms with E-state index < -0.39 is 24.3 Å². The molecule has 0 aliphatic rings. The van der Waals surface area contributed by atoms with Crippen LogP contribution in [-0.2, 0) is 28.7 Å². The van der Waals surface area contributed by atoms with Gasteiger partial charge in [0.15, 0.2) is 0 Å². The summed E-state index contributed by atoms with van der Waals surface area (Å²) >= 11 is 0. The number of rotatable bonds is 10. The van der Waals surface area contributed by atoms with Crippen molar-refractivity contribution in [2.45, 2.75) is 25.3 Å². The second-order valence-electron chi connectivity index (χ2n) is 4.06. The minimum absolute atomic E-state index is 0.302. The molecule has 4 N–H and O–H groups in total. The first-order valence-corrected chi connectivity index (χ1v) is 6.55. The number of esters is 1. The van der Waals surface area contributed by atoms with Gasteiger partial charge in [-0.25, -0.2) is 14.4 Å². The summed E-state index contributed by atoms with van der Waals surface area (Å²) < 4.78 is 13.2. The van der Waals surface area contributed by atoms with Crippen molar-refractivity contribution in [2.75, 3.05) is 20.8 Å². The molecule has 11 heteroatoms. The minimum Gasteiger partial charge on any atom is -0.436 e. The van der Waals surface area contributed by atoms with Crippen molar-refractivity contribution in [3.63, 3.8) is 0 Å². The molecule has 0 spiro atoms. The van der Waals surface area contributed by atoms with Crippen LogP contribution in [-0.4, -0.2) is 45.1 Å². The lowest BCUT2D eigenvalue weighted by Crippen LogP contribution is -2.34. The normalized spacial score (nSPS) is 10.9. The van der Waals surface area contributed by atoms with Crippen LogP contribution in [0.4, 0.5) is 9.59 Å². The van der Waals surface area contributed by atoms with Gasteiger partial charge in [-0.15, -0.1) is 5.48 Å². The number of nitrogens with one attached hydrogen (secondary N) is 2. The lowest BCUT2D eigenvalue weighted by atomic mass is 10.1. The molecule has 0 bridgehead atoms. The smallest absolute Gasteiger partial charge is 0.436 e. The molecule has 0 aliphatic heterocycles. The molecule has 11 nitrogen and oxygen atoms in total. The Kier molecular flexibility index (Phi) is 10.7. The summed E-state index contributed by atoms with van der Waals surface area (Å²) in [7, 11) is 2.30. The summed E-state index contributed by atoms with van der Waals surface area (Å²) in [4.78, 5) is 41.6. The molecule has 0 radical (unpaired) electrons. The van der Waals surface area contributed by atoms with Crippen molar-refractivity contribution in [1.82, 2.24) is 11.0 Å². The second kappa shape index (κ2) is 12.1. The Morgan fingerprint density at radius 3 is 2.30 bits per heavy atom. The number of unbranched alkanes of at least 4 members (excludes halogenated alkanes) is 1. The third kappa shape index (κ3) is 10.8. The molecule has 132 valence electrons. The molecule has 0 aromatic heterocycles. The first-order valence-electron chi connectivity index (χ1n) is 6.55. The van der Waals surface area contributed by atoms with Gasteiger partial charge in [-0.2, -0.15) is 5.48 Å². The van der Waals surface area contributed by atoms with Crippen LogP contribution >= 0.6 is 0 Å². The van der Waals surface area contributed by atoms with Crippen molar-refractivity contribution < 1.29 is 38.3 Å². The van der Waals surface area contributed by atoms with Crippen LogP contribution in [0.5, 0.6) is 0 Å². The van der Waals surface area contributed by atoms with Gasteiger partial charge < -0.3 is 29.6 Å². The fourth-order valence-corrected chi connectivity index (χ4v) is 1.19. The van der Waals surface area contributed by atoms with Crippen LogP contribution in [0.2, 0.25) is 0 Å². The van der Waals surface area contributed by atoms with Crippen LogP contribution in [0.25, 0.3) is 0 Å². The fourth-order valence-electron chi connectivity index (χ4n) is 1.19. The minimum atomic E-state index is -1.02. The third-order valence-electron chi connectivity index (χ3n) is 2.31. The number of carbonyl (C=O) groups is 3. The van der Waals surface area contributed by atoms with E-state index in [4.69, 9.17) is 10.5 Å². The van der Waals surface area contributed by atoms with Gasteiger partial charge in [0.1, 0.15) is 6.04 Å². The molecule has 0 amide bonds. The van der Waals surface area contributed by atoms with Crippen LogP contribution in [0.15, 0.2) is 12.5 Å². The van der Waals surface area contributed by atoms with E-state index >= 15 is 0 Å². The van der Waals surface area contributed by atoms with Crippen LogP contribution in [0, 0.1) is 0 Å². The second-order valence-corrected chi connectivity index (χ2v) is 4.06. The molecule has 23 heavy (non-hydrogen) atoms. The van der Waals surface area contributed by atoms with E-state index in [2.05, 4.69) is 31.2 Å². The molecule has 0 aliphatic carbocycles. The number of ether oxygens (including phenoxy) is 3. The molecule has 1 atom stereocenters. The Hall–Kier alpha value is -2.53. The quantitative estimate of drug-likeness (QED) is 0.164. The molecule has 0 saturated carbocycles. The van der Waals surface area contributed by atoms with Crippen LogP contribution in [0.1, 0.15) is 19.3 Å². The van der Waals surface area contributed by atoms with Gasteiger partial charge in [0.2, 0.25) is 5.88 Å². The number of carbonyl (C=O) groups excluding carboxylic acids is 3. The van der Waals surface area contributed by atoms with Crippen molar-refractivity contribution in [3.05, 3.63) is 12.5 Å². The molecular formula is C12H21N3O8. The maximum absolute atomic E-state index is 11.6. The van der Waals surface area contributed by atoms with Gasteiger partial charge in [0.05, 0.1) is 14.2 Å². The average molecular weight is 335 g/mol. The van der Waals surface area contributed by atoms with E-state index in [1.165, 1.54) is 7.11 Å². The maximum atomic E-state index is 11.6. The fraction of sp³-hybridized carbons (Fsp3) is 0.583. The number of nitrogens with two attached hydrogens (primary N) is 1. The highest BCUT2D eigenvalue weighted by Crippen LogP contribution is 2.02. The molecule has 0 fully saturated rings. The molecule has 0 aromatic rings. The van der Waals surface area contributed by atoms with Crippen molar-refractivity contribution >= 4 is 18.3 Å². The third-order valence-corrected chi connectivity index (χ3v) is 2.31. The zero-order valence-electron chi connectivity index (χ0n) is 13.0. The van der Waals surface area contributed by atoms with Crippen molar-refractivity contribution in [3.8, 4) is 0 Å². The van der Waals surface area contributed by atoms with E-state index in [-0.39, 0.29) is 5.88 Å². The average Bonchev–Trinajstić information content (AvgIpc) is 2.54. The lowest BCUT2D eigenvalue weighted by molar-refractivity contribution is -0.143. The molecule has 0 aromatic carbocycles. The summed E-state index contributed by atoms with van der Waals surface area (Å²) in [6, 6.07) is -0.881. The van der Waals surface area contributed by atoms with E-state index in [1.54, 1.807) is 0 Å². The van der Waals surface area contributed by atoms with E-state index in [1.807, 2.05) is 5.48 Å². The van der Waals surface area contributed by atoms with Gasteiger partial charge in [-0.3, -0.25) is 0 Å². The molecule has 0 unspecified atom stereocenters. The monoisotopic (exact) mass is 335 g/mol. The zero-order chi connectivity index (χ0) is 17.7. The molecular weight excluding hydrogens is 314 g/mol. The van der Waals surface area contributed by atoms with Gasteiger partial charge in [0, 0.05) is 6.54 Å². The summed E-state index contributed by atoms with van der Waals surface area (Å²) in [5.74, 6) is -1.04. The topological polar surface area (TPSA) is 147 Å². The largest absolute Gasteiger partial charge is 0.533 e. The maximum Gasteiger partial charge on any atom is 0.533 e. The lowest BCUT2D eigenvalue weighted by Gasteiger charge is -2.13. The summed E-state index contributed by atoms with van der Waals surface area (Å²) in [5.41, 5.74) is 10.00. The highest BCUT2D eigenvalue weighted by molar-refractivity contribution is 5.76. The van der Waals surface area contributed by atoms with Gasteiger partial charge in [-0.05, 0) is 25.8 Å². The van der Waals surface area contributed by atoms with Gasteiger partial charge in [-0.1, -0.05) is 0 Å². The summed E-state index contributed by atoms with van der Waals surface area (Å²) in [6.07, 6.45) is -0.350. The number of hydrogen-bond donors (Lipinski definition) is 3. The van der Waals surface area contributed by atoms with Crippen LogP contribution < -0.4 is 16.7 Å². The standard InChI is InChI=1S/C12H21N3O8/c1-8(15-23-12(18)20-3)21-10(16)9(13)6-4-5-7-14-22-11(17)19-2/h9,14-15H,1,4-7,13H2,2-3H3/t9-/m0/s1. The van der Waals surface area contributed by atoms with Crippen LogP contribution in [0.3, 0.4) is 0 Å². The Balaban J connectivity index is 3.75. The van der Waals surface area contributed by atoms with Crippen molar-refractivity contribution in [2.24, 2.45) is 5.73 Å². The number of hydroxylamine groups is 2. The summed E-state index contributed by atoms with van der Waals surface area (Å²) in [6.45, 7) is 3.69. The molecule has 0 rings (SSSR count). The highest BCUT2D eigenvalue weighted by atomic mass is 16.8.